The standard InChI is InChI=1S/C48H90O15S/c1-3-5-7-9-11-13-15-17-46-19-20-48(47(45-46)18-16-14-12-10-8-6-4-2)62-43-41-60-39-37-58-35-33-56-31-29-54-27-25-52-23-21-51-22-24-53-26-28-55-30-32-57-34-36-59-38-40-61-42-44-63-64(49)50/h19-20,45H,3-18,21-44H2,1-2H3,(H,49,50). The molecule has 1 N–H and O–H groups in total. The molecule has 1 unspecified atom stereocenters. The van der Waals surface area contributed by atoms with Crippen LogP contribution in [0.25, 0.3) is 0 Å². The van der Waals surface area contributed by atoms with Crippen LogP contribution in [-0.4, -0.2) is 167 Å². The third-order valence-electron chi connectivity index (χ3n) is 9.86. The van der Waals surface area contributed by atoms with Gasteiger partial charge in [0.15, 0.2) is 0 Å². The Morgan fingerprint density at radius 2 is 0.672 bits per heavy atom. The van der Waals surface area contributed by atoms with Gasteiger partial charge in [-0.05, 0) is 42.9 Å². The second kappa shape index (κ2) is 51.0. The van der Waals surface area contributed by atoms with Crippen LogP contribution in [0.2, 0.25) is 0 Å². The lowest BCUT2D eigenvalue weighted by Gasteiger charge is -2.14. The van der Waals surface area contributed by atoms with Crippen molar-refractivity contribution in [3.63, 3.8) is 0 Å². The predicted octanol–water partition coefficient (Wildman–Crippen LogP) is 7.99. The average Bonchev–Trinajstić information content (AvgIpc) is 3.29. The average molecular weight is 939 g/mol. The topological polar surface area (TPSA) is 157 Å². The van der Waals surface area contributed by atoms with Crippen LogP contribution in [0.15, 0.2) is 18.2 Å². The van der Waals surface area contributed by atoms with Crippen LogP contribution in [-0.2, 0) is 80.5 Å². The van der Waals surface area contributed by atoms with Crippen molar-refractivity contribution in [2.75, 3.05) is 159 Å². The van der Waals surface area contributed by atoms with E-state index in [9.17, 15) is 4.21 Å². The third-order valence-corrected chi connectivity index (χ3v) is 10.2. The molecule has 0 amide bonds. The zero-order valence-corrected chi connectivity index (χ0v) is 40.9. The summed E-state index contributed by atoms with van der Waals surface area (Å²) in [5.74, 6) is 1.01. The molecule has 0 bridgehead atoms. The van der Waals surface area contributed by atoms with Crippen molar-refractivity contribution in [3.05, 3.63) is 29.3 Å². The minimum Gasteiger partial charge on any atom is -0.491 e. The first-order valence-electron chi connectivity index (χ1n) is 24.5. The zero-order chi connectivity index (χ0) is 45.9. The minimum atomic E-state index is -2.26. The Balaban J connectivity index is 1.88. The highest BCUT2D eigenvalue weighted by molar-refractivity contribution is 7.74. The largest absolute Gasteiger partial charge is 0.491 e. The van der Waals surface area contributed by atoms with Gasteiger partial charge in [-0.3, -0.25) is 8.74 Å². The lowest BCUT2D eigenvalue weighted by atomic mass is 9.99. The maximum atomic E-state index is 10.3. The molecule has 0 spiro atoms. The summed E-state index contributed by atoms with van der Waals surface area (Å²) in [5.41, 5.74) is 2.79. The van der Waals surface area contributed by atoms with Gasteiger partial charge >= 0.3 is 11.4 Å². The number of hydrogen-bond donors (Lipinski definition) is 1. The monoisotopic (exact) mass is 939 g/mol. The van der Waals surface area contributed by atoms with Crippen molar-refractivity contribution in [1.29, 1.82) is 0 Å². The SMILES string of the molecule is CCCCCCCCCc1ccc(OCCOCCOCCOCCOCCOCCOCCOCCOCCOCCOCCOCCOS(=O)O)c(CCCCCCCCC)c1. The van der Waals surface area contributed by atoms with Gasteiger partial charge < -0.3 is 56.8 Å². The van der Waals surface area contributed by atoms with Crippen LogP contribution in [0, 0.1) is 0 Å². The van der Waals surface area contributed by atoms with E-state index in [1.165, 1.54) is 101 Å². The molecule has 0 saturated carbocycles. The normalized spacial score (nSPS) is 12.1. The van der Waals surface area contributed by atoms with Crippen LogP contribution < -0.4 is 4.74 Å². The van der Waals surface area contributed by atoms with Gasteiger partial charge in [0.2, 0.25) is 0 Å². The van der Waals surface area contributed by atoms with Gasteiger partial charge in [-0.15, -0.1) is 0 Å². The summed E-state index contributed by atoms with van der Waals surface area (Å²) in [4.78, 5) is 0. The molecule has 16 heteroatoms. The molecule has 1 atom stereocenters. The molecule has 15 nitrogen and oxygen atoms in total. The Hall–Kier alpha value is -1.35. The molecule has 0 aliphatic rings. The van der Waals surface area contributed by atoms with E-state index in [1.807, 2.05) is 0 Å². The van der Waals surface area contributed by atoms with E-state index < -0.39 is 11.4 Å². The van der Waals surface area contributed by atoms with Crippen LogP contribution in [0.5, 0.6) is 5.75 Å². The van der Waals surface area contributed by atoms with Crippen LogP contribution in [0.3, 0.4) is 0 Å². The lowest BCUT2D eigenvalue weighted by Crippen LogP contribution is -2.15. The first-order chi connectivity index (χ1) is 31.7. The summed E-state index contributed by atoms with van der Waals surface area (Å²) in [6, 6.07) is 6.85. The van der Waals surface area contributed by atoms with Crippen molar-refractivity contribution < 1.29 is 69.8 Å². The Morgan fingerprint density at radius 1 is 0.375 bits per heavy atom. The Kier molecular flexibility index (Phi) is 48.4. The molecule has 1 aromatic rings. The second-order valence-electron chi connectivity index (χ2n) is 15.3. The van der Waals surface area contributed by atoms with E-state index in [2.05, 4.69) is 36.2 Å². The fraction of sp³-hybridized carbons (Fsp3) is 0.875. The van der Waals surface area contributed by atoms with Gasteiger partial charge in [-0.2, -0.15) is 4.21 Å². The molecule has 64 heavy (non-hydrogen) atoms. The number of benzene rings is 1. The third kappa shape index (κ3) is 44.5. The molecular weight excluding hydrogens is 849 g/mol. The molecule has 0 heterocycles. The highest BCUT2D eigenvalue weighted by Crippen LogP contribution is 2.24. The number of aryl methyl sites for hydroxylation is 2. The molecule has 0 aliphatic carbocycles. The van der Waals surface area contributed by atoms with E-state index in [0.29, 0.717) is 145 Å². The fourth-order valence-corrected chi connectivity index (χ4v) is 6.57. The summed E-state index contributed by atoms with van der Waals surface area (Å²) < 4.78 is 90.0. The molecule has 0 aromatic heterocycles. The summed E-state index contributed by atoms with van der Waals surface area (Å²) in [5, 5.41) is 0. The van der Waals surface area contributed by atoms with Gasteiger partial charge in [0, 0.05) is 0 Å². The number of hydrogen-bond acceptors (Lipinski definition) is 14. The smallest absolute Gasteiger partial charge is 0.301 e. The molecule has 0 saturated heterocycles. The summed E-state index contributed by atoms with van der Waals surface area (Å²) >= 11 is -2.26. The second-order valence-corrected chi connectivity index (χ2v) is 16.0. The van der Waals surface area contributed by atoms with Crippen LogP contribution in [0.4, 0.5) is 0 Å². The number of unbranched alkanes of at least 4 members (excludes halogenated alkanes) is 12. The predicted molar refractivity (Wildman–Crippen MR) is 251 cm³/mol. The maximum Gasteiger partial charge on any atom is 0.301 e. The molecule has 1 rings (SSSR count). The highest BCUT2D eigenvalue weighted by Gasteiger charge is 2.07. The minimum absolute atomic E-state index is 0.0563. The van der Waals surface area contributed by atoms with E-state index in [4.69, 9.17) is 61.4 Å². The zero-order valence-electron chi connectivity index (χ0n) is 40.1. The summed E-state index contributed by atoms with van der Waals surface area (Å²) in [6.07, 6.45) is 20.8. The Morgan fingerprint density at radius 3 is 1.02 bits per heavy atom. The van der Waals surface area contributed by atoms with Crippen molar-refractivity contribution in [3.8, 4) is 5.75 Å². The molecular formula is C48H90O15S. The fourth-order valence-electron chi connectivity index (χ4n) is 6.36. The molecule has 0 aliphatic heterocycles. The van der Waals surface area contributed by atoms with Gasteiger partial charge in [0.25, 0.3) is 0 Å². The molecule has 1 aromatic carbocycles. The van der Waals surface area contributed by atoms with Gasteiger partial charge in [-0.25, -0.2) is 0 Å². The molecule has 378 valence electrons. The van der Waals surface area contributed by atoms with Crippen molar-refractivity contribution >= 4 is 11.4 Å². The summed E-state index contributed by atoms with van der Waals surface area (Å²) in [6.45, 7) is 15.5. The van der Waals surface area contributed by atoms with Crippen LogP contribution in [0.1, 0.15) is 115 Å². The van der Waals surface area contributed by atoms with Crippen molar-refractivity contribution in [2.24, 2.45) is 0 Å². The Bertz CT molecular complexity index is 1110. The van der Waals surface area contributed by atoms with Gasteiger partial charge in [-0.1, -0.05) is 103 Å². The van der Waals surface area contributed by atoms with E-state index in [-0.39, 0.29) is 13.2 Å². The Labute approximate surface area is 390 Å². The molecule has 0 fully saturated rings. The number of rotatable bonds is 54. The molecule has 0 radical (unpaired) electrons. The quantitative estimate of drug-likeness (QED) is 0.0495. The van der Waals surface area contributed by atoms with Crippen molar-refractivity contribution in [1.82, 2.24) is 0 Å². The first-order valence-corrected chi connectivity index (χ1v) is 25.5. The first kappa shape index (κ1) is 60.7. The van der Waals surface area contributed by atoms with Gasteiger partial charge in [0.05, 0.1) is 152 Å². The van der Waals surface area contributed by atoms with Crippen molar-refractivity contribution in [2.45, 2.75) is 117 Å². The lowest BCUT2D eigenvalue weighted by molar-refractivity contribution is -0.0279. The van der Waals surface area contributed by atoms with Gasteiger partial charge in [0.1, 0.15) is 12.4 Å². The van der Waals surface area contributed by atoms with Crippen LogP contribution >= 0.6 is 0 Å². The van der Waals surface area contributed by atoms with E-state index in [0.717, 1.165) is 18.6 Å². The summed E-state index contributed by atoms with van der Waals surface area (Å²) in [7, 11) is 0. The number of ether oxygens (including phenoxy) is 12. The van der Waals surface area contributed by atoms with E-state index in [1.54, 1.807) is 0 Å². The highest BCUT2D eigenvalue weighted by atomic mass is 32.2. The maximum absolute atomic E-state index is 10.3. The van der Waals surface area contributed by atoms with E-state index >= 15 is 0 Å².